The van der Waals surface area contributed by atoms with E-state index in [1.54, 1.807) is 0 Å². The highest BCUT2D eigenvalue weighted by atomic mass is 16.1. The molecule has 2 nitrogen and oxygen atoms in total. The van der Waals surface area contributed by atoms with Crippen molar-refractivity contribution in [3.05, 3.63) is 0 Å². The Morgan fingerprint density at radius 2 is 1.76 bits per heavy atom. The van der Waals surface area contributed by atoms with Crippen LogP contribution in [0.15, 0.2) is 0 Å². The lowest BCUT2D eigenvalue weighted by Crippen LogP contribution is -2.34. The summed E-state index contributed by atoms with van der Waals surface area (Å²) in [6.45, 7) is 1.15. The number of ketones is 1. The van der Waals surface area contributed by atoms with E-state index in [4.69, 9.17) is 0 Å². The first-order valence-electron chi connectivity index (χ1n) is 7.59. The van der Waals surface area contributed by atoms with Gasteiger partial charge in [0, 0.05) is 18.9 Å². The Balaban J connectivity index is 1.59. The first-order valence-corrected chi connectivity index (χ1v) is 7.59. The van der Waals surface area contributed by atoms with Crippen molar-refractivity contribution in [2.75, 3.05) is 6.54 Å². The highest BCUT2D eigenvalue weighted by Crippen LogP contribution is 2.27. The molecule has 0 aromatic rings. The molecule has 98 valence electrons. The van der Waals surface area contributed by atoms with Crippen LogP contribution in [0, 0.1) is 5.92 Å². The zero-order chi connectivity index (χ0) is 11.9. The fourth-order valence-corrected chi connectivity index (χ4v) is 3.32. The van der Waals surface area contributed by atoms with E-state index in [0.717, 1.165) is 31.7 Å². The van der Waals surface area contributed by atoms with E-state index >= 15 is 0 Å². The van der Waals surface area contributed by atoms with Crippen molar-refractivity contribution in [2.24, 2.45) is 5.92 Å². The van der Waals surface area contributed by atoms with Crippen LogP contribution >= 0.6 is 0 Å². The Labute approximate surface area is 106 Å². The second kappa shape index (κ2) is 7.15. The lowest BCUT2D eigenvalue weighted by Gasteiger charge is -2.24. The average molecular weight is 237 g/mol. The number of carbonyl (C=O) groups excluding carboxylic acids is 1. The molecule has 1 saturated heterocycles. The molecule has 17 heavy (non-hydrogen) atoms. The number of hydrogen-bond acceptors (Lipinski definition) is 2. The van der Waals surface area contributed by atoms with Gasteiger partial charge >= 0.3 is 0 Å². The average Bonchev–Trinajstić information content (AvgIpc) is 2.39. The highest BCUT2D eigenvalue weighted by molar-refractivity contribution is 5.78. The molecule has 2 heteroatoms. The van der Waals surface area contributed by atoms with E-state index in [1.165, 1.54) is 51.4 Å². The fourth-order valence-electron chi connectivity index (χ4n) is 3.32. The third kappa shape index (κ3) is 4.79. The smallest absolute Gasteiger partial charge is 0.133 e. The summed E-state index contributed by atoms with van der Waals surface area (Å²) in [7, 11) is 0. The summed E-state index contributed by atoms with van der Waals surface area (Å²) in [5.41, 5.74) is 0. The quantitative estimate of drug-likeness (QED) is 0.793. The number of nitrogens with one attached hydrogen (secondary N) is 1. The second-order valence-electron chi connectivity index (χ2n) is 5.93. The first kappa shape index (κ1) is 13.1. The van der Waals surface area contributed by atoms with Crippen molar-refractivity contribution in [3.63, 3.8) is 0 Å². The lowest BCUT2D eigenvalue weighted by atomic mass is 9.85. The van der Waals surface area contributed by atoms with Gasteiger partial charge in [-0.05, 0) is 31.7 Å². The topological polar surface area (TPSA) is 29.1 Å². The first-order chi connectivity index (χ1) is 8.34. The summed E-state index contributed by atoms with van der Waals surface area (Å²) in [4.78, 5) is 11.9. The second-order valence-corrected chi connectivity index (χ2v) is 5.93. The van der Waals surface area contributed by atoms with E-state index in [1.807, 2.05) is 0 Å². The summed E-state index contributed by atoms with van der Waals surface area (Å²) >= 11 is 0. The van der Waals surface area contributed by atoms with Gasteiger partial charge in [-0.1, -0.05) is 38.5 Å². The molecule has 0 bridgehead atoms. The maximum Gasteiger partial charge on any atom is 0.133 e. The van der Waals surface area contributed by atoms with Crippen LogP contribution in [0.25, 0.3) is 0 Å². The van der Waals surface area contributed by atoms with E-state index < -0.39 is 0 Å². The summed E-state index contributed by atoms with van der Waals surface area (Å²) in [5.74, 6) is 1.24. The normalized spacial score (nSPS) is 26.9. The summed E-state index contributed by atoms with van der Waals surface area (Å²) in [6.07, 6.45) is 13.4. The molecule has 0 spiro atoms. The summed E-state index contributed by atoms with van der Waals surface area (Å²) in [6, 6.07) is 0.624. The van der Waals surface area contributed by atoms with Gasteiger partial charge in [0.05, 0.1) is 0 Å². The Kier molecular flexibility index (Phi) is 5.50. The number of carbonyl (C=O) groups is 1. The van der Waals surface area contributed by atoms with Gasteiger partial charge in [0.15, 0.2) is 0 Å². The van der Waals surface area contributed by atoms with E-state index in [-0.39, 0.29) is 0 Å². The minimum absolute atomic E-state index is 0.518. The van der Waals surface area contributed by atoms with Crippen LogP contribution in [0.1, 0.15) is 70.6 Å². The van der Waals surface area contributed by atoms with Crippen molar-refractivity contribution in [1.82, 2.24) is 5.32 Å². The molecule has 0 aromatic carbocycles. The number of hydrogen-bond donors (Lipinski definition) is 1. The van der Waals surface area contributed by atoms with Crippen LogP contribution in [-0.4, -0.2) is 18.4 Å². The zero-order valence-electron chi connectivity index (χ0n) is 11.0. The van der Waals surface area contributed by atoms with Crippen LogP contribution in [-0.2, 0) is 4.79 Å². The molecule has 1 saturated carbocycles. The largest absolute Gasteiger partial charge is 0.314 e. The van der Waals surface area contributed by atoms with Crippen molar-refractivity contribution in [1.29, 1.82) is 0 Å². The Morgan fingerprint density at radius 3 is 2.47 bits per heavy atom. The molecule has 0 aromatic heterocycles. The number of Topliss-reactive ketones (excluding diaryl/α,β-unsaturated/α-hetero) is 1. The van der Waals surface area contributed by atoms with E-state index in [2.05, 4.69) is 5.32 Å². The molecule has 0 radical (unpaired) electrons. The van der Waals surface area contributed by atoms with Gasteiger partial charge in [-0.25, -0.2) is 0 Å². The van der Waals surface area contributed by atoms with Crippen molar-refractivity contribution in [3.8, 4) is 0 Å². The van der Waals surface area contributed by atoms with E-state index in [0.29, 0.717) is 11.8 Å². The minimum atomic E-state index is 0.518. The molecule has 1 N–H and O–H groups in total. The lowest BCUT2D eigenvalue weighted by molar-refractivity contribution is -0.120. The van der Waals surface area contributed by atoms with Crippen LogP contribution in [0.5, 0.6) is 0 Å². The van der Waals surface area contributed by atoms with Gasteiger partial charge in [-0.15, -0.1) is 0 Å². The van der Waals surface area contributed by atoms with Crippen LogP contribution in [0.4, 0.5) is 0 Å². The van der Waals surface area contributed by atoms with Gasteiger partial charge in [-0.2, -0.15) is 0 Å². The predicted molar refractivity (Wildman–Crippen MR) is 71.1 cm³/mol. The minimum Gasteiger partial charge on any atom is -0.314 e. The molecule has 1 atom stereocenters. The van der Waals surface area contributed by atoms with Crippen molar-refractivity contribution >= 4 is 5.78 Å². The van der Waals surface area contributed by atoms with Crippen LogP contribution in [0.3, 0.4) is 0 Å². The van der Waals surface area contributed by atoms with Gasteiger partial charge in [-0.3, -0.25) is 4.79 Å². The molecular weight excluding hydrogens is 210 g/mol. The highest BCUT2D eigenvalue weighted by Gasteiger charge is 2.18. The Hall–Kier alpha value is -0.370. The Bertz CT molecular complexity index is 227. The molecule has 1 unspecified atom stereocenters. The molecule has 1 heterocycles. The maximum atomic E-state index is 11.9. The van der Waals surface area contributed by atoms with Crippen molar-refractivity contribution < 1.29 is 4.79 Å². The molecule has 1 aliphatic heterocycles. The molecule has 0 amide bonds. The maximum absolute atomic E-state index is 11.9. The molecule has 2 fully saturated rings. The van der Waals surface area contributed by atoms with E-state index in [9.17, 15) is 4.79 Å². The van der Waals surface area contributed by atoms with Crippen molar-refractivity contribution in [2.45, 2.75) is 76.7 Å². The van der Waals surface area contributed by atoms with Gasteiger partial charge in [0.25, 0.3) is 0 Å². The van der Waals surface area contributed by atoms with Gasteiger partial charge in [0.2, 0.25) is 0 Å². The third-order valence-electron chi connectivity index (χ3n) is 4.43. The molecular formula is C15H27NO. The van der Waals surface area contributed by atoms with Crippen LogP contribution in [0.2, 0.25) is 0 Å². The molecule has 2 aliphatic rings. The Morgan fingerprint density at radius 1 is 1.00 bits per heavy atom. The van der Waals surface area contributed by atoms with Gasteiger partial charge < -0.3 is 5.32 Å². The SMILES string of the molecule is O=C(CCC1CCCCN1)CC1CCCCC1. The monoisotopic (exact) mass is 237 g/mol. The molecule has 1 aliphatic carbocycles. The number of piperidine rings is 1. The third-order valence-corrected chi connectivity index (χ3v) is 4.43. The molecule has 2 rings (SSSR count). The zero-order valence-corrected chi connectivity index (χ0v) is 11.0. The van der Waals surface area contributed by atoms with Crippen LogP contribution < -0.4 is 5.32 Å². The summed E-state index contributed by atoms with van der Waals surface area (Å²) in [5, 5.41) is 3.53. The standard InChI is InChI=1S/C15H27NO/c17-15(12-13-6-2-1-3-7-13)10-9-14-8-4-5-11-16-14/h13-14,16H,1-12H2. The fraction of sp³-hybridized carbons (Fsp3) is 0.933. The number of rotatable bonds is 5. The van der Waals surface area contributed by atoms with Gasteiger partial charge in [0.1, 0.15) is 5.78 Å². The summed E-state index contributed by atoms with van der Waals surface area (Å²) < 4.78 is 0. The predicted octanol–water partition coefficient (Wildman–Crippen LogP) is 3.45.